The molecular formula is C25H30F2N4O3S. The normalized spacial score (nSPS) is 12.5. The number of hydrogen-bond acceptors (Lipinski definition) is 4. The summed E-state index contributed by atoms with van der Waals surface area (Å²) < 4.78 is 52.0. The lowest BCUT2D eigenvalue weighted by Gasteiger charge is -2.20. The van der Waals surface area contributed by atoms with E-state index >= 15 is 0 Å². The highest BCUT2D eigenvalue weighted by Gasteiger charge is 2.21. The first-order valence-electron chi connectivity index (χ1n) is 11.3. The molecule has 0 unspecified atom stereocenters. The molecule has 10 heteroatoms. The molecule has 0 spiro atoms. The van der Waals surface area contributed by atoms with Crippen molar-refractivity contribution >= 4 is 15.9 Å². The molecule has 0 fully saturated rings. The van der Waals surface area contributed by atoms with E-state index in [4.69, 9.17) is 5.14 Å². The largest absolute Gasteiger partial charge is 0.348 e. The Morgan fingerprint density at radius 2 is 1.71 bits per heavy atom. The maximum absolute atomic E-state index is 13.7. The molecule has 0 saturated heterocycles. The van der Waals surface area contributed by atoms with Gasteiger partial charge in [-0.05, 0) is 66.8 Å². The molecule has 0 aliphatic rings. The molecule has 0 bridgehead atoms. The van der Waals surface area contributed by atoms with Crippen molar-refractivity contribution < 1.29 is 22.0 Å². The van der Waals surface area contributed by atoms with Crippen LogP contribution in [0.1, 0.15) is 40.5 Å². The number of nitrogens with one attached hydrogen (secondary N) is 2. The zero-order chi connectivity index (χ0) is 25.6. The highest BCUT2D eigenvalue weighted by atomic mass is 32.2. The second kappa shape index (κ2) is 11.6. The van der Waals surface area contributed by atoms with Gasteiger partial charge < -0.3 is 15.2 Å². The van der Waals surface area contributed by atoms with Crippen molar-refractivity contribution in [2.24, 2.45) is 12.2 Å². The van der Waals surface area contributed by atoms with Crippen LogP contribution in [0, 0.1) is 11.6 Å². The molecule has 1 heterocycles. The van der Waals surface area contributed by atoms with Crippen molar-refractivity contribution in [1.29, 1.82) is 0 Å². The van der Waals surface area contributed by atoms with E-state index in [0.717, 1.165) is 18.1 Å². The number of hydrogen-bond donors (Lipinski definition) is 3. The van der Waals surface area contributed by atoms with Crippen LogP contribution >= 0.6 is 0 Å². The maximum atomic E-state index is 13.7. The van der Waals surface area contributed by atoms with Gasteiger partial charge in [0.05, 0.1) is 0 Å². The molecule has 3 aromatic rings. The van der Waals surface area contributed by atoms with Crippen LogP contribution < -0.4 is 15.8 Å². The zero-order valence-electron chi connectivity index (χ0n) is 19.7. The topological polar surface area (TPSA) is 106 Å². The minimum absolute atomic E-state index is 0.105. The number of nitrogens with two attached hydrogens (primary N) is 1. The van der Waals surface area contributed by atoms with Crippen LogP contribution in [-0.4, -0.2) is 31.5 Å². The number of carbonyl (C=O) groups is 1. The molecular weight excluding hydrogens is 474 g/mol. The molecule has 0 radical (unpaired) electrons. The standard InChI is InChI=1S/C25H30F2N4O3S/c1-3-17-5-4-6-18(11-17)16-29-10-9-22(14-19-12-20(26)15-21(27)13-19)30-25(32)23-7-8-24(31(23)2)35(28,33)34/h4-8,11-13,15,22,29H,3,9-10,14,16H2,1-2H3,(H,30,32)(H2,28,33,34)/t22-/m1/s1. The van der Waals surface area contributed by atoms with Crippen LogP contribution in [0.5, 0.6) is 0 Å². The summed E-state index contributed by atoms with van der Waals surface area (Å²) in [5, 5.41) is 11.2. The minimum atomic E-state index is -3.99. The van der Waals surface area contributed by atoms with Crippen LogP contribution in [-0.2, 0) is 36.5 Å². The van der Waals surface area contributed by atoms with Crippen LogP contribution in [0.15, 0.2) is 59.6 Å². The van der Waals surface area contributed by atoms with Crippen LogP contribution in [0.25, 0.3) is 0 Å². The van der Waals surface area contributed by atoms with Crippen molar-refractivity contribution in [3.63, 3.8) is 0 Å². The zero-order valence-corrected chi connectivity index (χ0v) is 20.5. The lowest BCUT2D eigenvalue weighted by molar-refractivity contribution is 0.0926. The van der Waals surface area contributed by atoms with E-state index in [1.165, 1.54) is 41.4 Å². The first kappa shape index (κ1) is 26.5. The molecule has 2 aromatic carbocycles. The fourth-order valence-electron chi connectivity index (χ4n) is 3.97. The van der Waals surface area contributed by atoms with E-state index in [-0.39, 0.29) is 17.1 Å². The van der Waals surface area contributed by atoms with Crippen LogP contribution in [0.4, 0.5) is 8.78 Å². The summed E-state index contributed by atoms with van der Waals surface area (Å²) in [5.41, 5.74) is 2.88. The second-order valence-electron chi connectivity index (χ2n) is 8.45. The van der Waals surface area contributed by atoms with Crippen molar-refractivity contribution in [3.8, 4) is 0 Å². The maximum Gasteiger partial charge on any atom is 0.268 e. The summed E-state index contributed by atoms with van der Waals surface area (Å²) in [5.74, 6) is -1.90. The van der Waals surface area contributed by atoms with Crippen molar-refractivity contribution in [2.45, 2.75) is 43.8 Å². The molecule has 0 saturated carbocycles. The Kier molecular flexibility index (Phi) is 8.76. The van der Waals surface area contributed by atoms with Gasteiger partial charge in [0.25, 0.3) is 15.9 Å². The third-order valence-corrected chi connectivity index (χ3v) is 6.73. The van der Waals surface area contributed by atoms with E-state index in [1.807, 2.05) is 12.1 Å². The van der Waals surface area contributed by atoms with Crippen LogP contribution in [0.3, 0.4) is 0 Å². The van der Waals surface area contributed by atoms with Crippen molar-refractivity contribution in [3.05, 3.63) is 88.6 Å². The predicted octanol–water partition coefficient (Wildman–Crippen LogP) is 3.03. The third-order valence-electron chi connectivity index (χ3n) is 5.74. The van der Waals surface area contributed by atoms with Crippen LogP contribution in [0.2, 0.25) is 0 Å². The number of benzene rings is 2. The lowest BCUT2D eigenvalue weighted by atomic mass is 10.0. The molecule has 1 amide bonds. The van der Waals surface area contributed by atoms with Gasteiger partial charge in [-0.1, -0.05) is 31.2 Å². The van der Waals surface area contributed by atoms with E-state index in [9.17, 15) is 22.0 Å². The molecule has 0 aliphatic carbocycles. The Morgan fingerprint density at radius 3 is 2.34 bits per heavy atom. The number of aromatic nitrogens is 1. The Balaban J connectivity index is 1.71. The monoisotopic (exact) mass is 504 g/mol. The summed E-state index contributed by atoms with van der Waals surface area (Å²) in [6, 6.07) is 13.6. The lowest BCUT2D eigenvalue weighted by Crippen LogP contribution is -2.39. The van der Waals surface area contributed by atoms with Gasteiger partial charge >= 0.3 is 0 Å². The molecule has 1 atom stereocenters. The molecule has 3 rings (SSSR count). The van der Waals surface area contributed by atoms with Gasteiger partial charge in [-0.3, -0.25) is 4.79 Å². The quantitative estimate of drug-likeness (QED) is 0.349. The number of rotatable bonds is 11. The molecule has 188 valence electrons. The summed E-state index contributed by atoms with van der Waals surface area (Å²) in [4.78, 5) is 12.9. The number of halogens is 2. The summed E-state index contributed by atoms with van der Waals surface area (Å²) >= 11 is 0. The van der Waals surface area contributed by atoms with Gasteiger partial charge in [0.2, 0.25) is 0 Å². The Bertz CT molecular complexity index is 1270. The number of carbonyl (C=O) groups excluding carboxylic acids is 1. The number of aryl methyl sites for hydroxylation is 1. The number of amides is 1. The average molecular weight is 505 g/mol. The first-order valence-corrected chi connectivity index (χ1v) is 12.8. The average Bonchev–Trinajstić information content (AvgIpc) is 3.18. The van der Waals surface area contributed by atoms with E-state index in [2.05, 4.69) is 29.7 Å². The molecule has 35 heavy (non-hydrogen) atoms. The van der Waals surface area contributed by atoms with E-state index in [1.54, 1.807) is 0 Å². The summed E-state index contributed by atoms with van der Waals surface area (Å²) in [7, 11) is -2.56. The minimum Gasteiger partial charge on any atom is -0.348 e. The van der Waals surface area contributed by atoms with Gasteiger partial charge in [-0.25, -0.2) is 22.3 Å². The molecule has 1 aromatic heterocycles. The van der Waals surface area contributed by atoms with E-state index < -0.39 is 33.6 Å². The molecule has 7 nitrogen and oxygen atoms in total. The highest BCUT2D eigenvalue weighted by Crippen LogP contribution is 2.15. The van der Waals surface area contributed by atoms with E-state index in [0.29, 0.717) is 25.1 Å². The fourth-order valence-corrected chi connectivity index (χ4v) is 4.71. The fraction of sp³-hybridized carbons (Fsp3) is 0.320. The summed E-state index contributed by atoms with van der Waals surface area (Å²) in [6.07, 6.45) is 1.61. The van der Waals surface area contributed by atoms with Gasteiger partial charge in [-0.2, -0.15) is 0 Å². The third kappa shape index (κ3) is 7.45. The Hall–Kier alpha value is -3.08. The number of primary sulfonamides is 1. The number of nitrogens with zero attached hydrogens (tertiary/aromatic N) is 1. The summed E-state index contributed by atoms with van der Waals surface area (Å²) in [6.45, 7) is 3.26. The highest BCUT2D eigenvalue weighted by molar-refractivity contribution is 7.89. The van der Waals surface area contributed by atoms with Crippen molar-refractivity contribution in [2.75, 3.05) is 6.54 Å². The van der Waals surface area contributed by atoms with Gasteiger partial charge in [0.15, 0.2) is 5.03 Å². The SMILES string of the molecule is CCc1cccc(CNCC[C@H](Cc2cc(F)cc(F)c2)NC(=O)c2ccc(S(N)(=O)=O)n2C)c1. The van der Waals surface area contributed by atoms with Gasteiger partial charge in [0, 0.05) is 25.7 Å². The number of sulfonamides is 1. The smallest absolute Gasteiger partial charge is 0.268 e. The first-order chi connectivity index (χ1) is 16.6. The van der Waals surface area contributed by atoms with Crippen molar-refractivity contribution in [1.82, 2.24) is 15.2 Å². The molecule has 0 aliphatic heterocycles. The van der Waals surface area contributed by atoms with Gasteiger partial charge in [0.1, 0.15) is 17.3 Å². The Morgan fingerprint density at radius 1 is 1.03 bits per heavy atom. The van der Waals surface area contributed by atoms with Gasteiger partial charge in [-0.15, -0.1) is 0 Å². The predicted molar refractivity (Wildman–Crippen MR) is 130 cm³/mol. The second-order valence-corrected chi connectivity index (χ2v) is 9.96. The molecule has 4 N–H and O–H groups in total. The Labute approximate surface area is 204 Å².